The lowest BCUT2D eigenvalue weighted by molar-refractivity contribution is -0.112. The van der Waals surface area contributed by atoms with Crippen LogP contribution in [-0.2, 0) is 11.8 Å². The number of aryl methyl sites for hydroxylation is 2. The number of hydrogen-bond acceptors (Lipinski definition) is 3. The Morgan fingerprint density at radius 3 is 2.30 bits per heavy atom. The number of benzene rings is 1. The SMILES string of the molecule is Cc1nn(C)c(C)c1C(=O)C(=O)Nc1ccc(F)cc1. The minimum Gasteiger partial charge on any atom is -0.319 e. The molecule has 5 nitrogen and oxygen atoms in total. The fourth-order valence-electron chi connectivity index (χ4n) is 1.94. The first-order valence-corrected chi connectivity index (χ1v) is 6.01. The lowest BCUT2D eigenvalue weighted by Crippen LogP contribution is -2.24. The number of carbonyl (C=O) groups excluding carboxylic acids is 2. The van der Waals surface area contributed by atoms with Crippen molar-refractivity contribution in [2.45, 2.75) is 13.8 Å². The molecule has 0 saturated heterocycles. The van der Waals surface area contributed by atoms with Crippen LogP contribution in [0.15, 0.2) is 24.3 Å². The van der Waals surface area contributed by atoms with Gasteiger partial charge in [0.05, 0.1) is 11.3 Å². The molecule has 0 fully saturated rings. The molecule has 1 aromatic heterocycles. The van der Waals surface area contributed by atoms with Gasteiger partial charge in [0.2, 0.25) is 0 Å². The number of hydrogen-bond donors (Lipinski definition) is 1. The first kappa shape index (κ1) is 13.9. The maximum atomic E-state index is 12.8. The minimum atomic E-state index is -0.768. The van der Waals surface area contributed by atoms with Gasteiger partial charge in [-0.2, -0.15) is 5.10 Å². The predicted molar refractivity (Wildman–Crippen MR) is 72.0 cm³/mol. The zero-order chi connectivity index (χ0) is 14.9. The van der Waals surface area contributed by atoms with E-state index in [-0.39, 0.29) is 0 Å². The monoisotopic (exact) mass is 275 g/mol. The molecule has 1 N–H and O–H groups in total. The predicted octanol–water partition coefficient (Wildman–Crippen LogP) is 2.00. The number of nitrogens with zero attached hydrogens (tertiary/aromatic N) is 2. The molecular formula is C14H14FN3O2. The second-order valence-electron chi connectivity index (χ2n) is 4.46. The van der Waals surface area contributed by atoms with Crippen LogP contribution < -0.4 is 5.32 Å². The maximum Gasteiger partial charge on any atom is 0.296 e. The number of rotatable bonds is 3. The maximum absolute atomic E-state index is 12.8. The van der Waals surface area contributed by atoms with Crippen LogP contribution in [0.1, 0.15) is 21.7 Å². The summed E-state index contributed by atoms with van der Waals surface area (Å²) in [5.41, 5.74) is 1.79. The van der Waals surface area contributed by atoms with Gasteiger partial charge in [0.1, 0.15) is 5.82 Å². The zero-order valence-corrected chi connectivity index (χ0v) is 11.4. The van der Waals surface area contributed by atoms with Gasteiger partial charge in [-0.05, 0) is 38.1 Å². The molecule has 0 unspecified atom stereocenters. The van der Waals surface area contributed by atoms with E-state index in [4.69, 9.17) is 0 Å². The van der Waals surface area contributed by atoms with Gasteiger partial charge in [-0.15, -0.1) is 0 Å². The molecule has 1 heterocycles. The fraction of sp³-hybridized carbons (Fsp3) is 0.214. The van der Waals surface area contributed by atoms with Gasteiger partial charge >= 0.3 is 0 Å². The van der Waals surface area contributed by atoms with Gasteiger partial charge in [0, 0.05) is 18.4 Å². The normalized spacial score (nSPS) is 10.4. The molecule has 0 saturated carbocycles. The summed E-state index contributed by atoms with van der Waals surface area (Å²) < 4.78 is 14.3. The lowest BCUT2D eigenvalue weighted by Gasteiger charge is -2.04. The molecule has 0 radical (unpaired) electrons. The molecule has 1 aromatic carbocycles. The molecule has 6 heteroatoms. The molecule has 0 bridgehead atoms. The molecular weight excluding hydrogens is 261 g/mol. The van der Waals surface area contributed by atoms with Crippen molar-refractivity contribution in [2.75, 3.05) is 5.32 Å². The van der Waals surface area contributed by atoms with E-state index in [0.29, 0.717) is 22.6 Å². The summed E-state index contributed by atoms with van der Waals surface area (Å²) in [6.07, 6.45) is 0. The summed E-state index contributed by atoms with van der Waals surface area (Å²) in [7, 11) is 1.71. The number of anilines is 1. The van der Waals surface area contributed by atoms with Gasteiger partial charge in [-0.1, -0.05) is 0 Å². The Morgan fingerprint density at radius 1 is 1.20 bits per heavy atom. The molecule has 0 atom stereocenters. The Morgan fingerprint density at radius 2 is 1.80 bits per heavy atom. The summed E-state index contributed by atoms with van der Waals surface area (Å²) in [6, 6.07) is 5.20. The van der Waals surface area contributed by atoms with Gasteiger partial charge in [-0.3, -0.25) is 14.3 Å². The van der Waals surface area contributed by atoms with E-state index in [0.717, 1.165) is 0 Å². The Kier molecular flexibility index (Phi) is 3.65. The molecule has 104 valence electrons. The Hall–Kier alpha value is -2.50. The molecule has 0 spiro atoms. The summed E-state index contributed by atoms with van der Waals surface area (Å²) in [4.78, 5) is 24.1. The van der Waals surface area contributed by atoms with E-state index in [9.17, 15) is 14.0 Å². The third kappa shape index (κ3) is 2.59. The smallest absolute Gasteiger partial charge is 0.296 e. The van der Waals surface area contributed by atoms with Crippen LogP contribution in [0.5, 0.6) is 0 Å². The van der Waals surface area contributed by atoms with Crippen LogP contribution in [0.4, 0.5) is 10.1 Å². The van der Waals surface area contributed by atoms with Crippen molar-refractivity contribution in [3.63, 3.8) is 0 Å². The molecule has 1 amide bonds. The van der Waals surface area contributed by atoms with Crippen molar-refractivity contribution in [1.29, 1.82) is 0 Å². The van der Waals surface area contributed by atoms with Gasteiger partial charge < -0.3 is 5.32 Å². The zero-order valence-electron chi connectivity index (χ0n) is 11.4. The van der Waals surface area contributed by atoms with E-state index in [1.165, 1.54) is 24.3 Å². The highest BCUT2D eigenvalue weighted by Crippen LogP contribution is 2.14. The van der Waals surface area contributed by atoms with Crippen molar-refractivity contribution >= 4 is 17.4 Å². The molecule has 0 aliphatic rings. The van der Waals surface area contributed by atoms with E-state index >= 15 is 0 Å². The fourth-order valence-corrected chi connectivity index (χ4v) is 1.94. The number of amides is 1. The largest absolute Gasteiger partial charge is 0.319 e. The molecule has 2 aromatic rings. The van der Waals surface area contributed by atoms with Crippen LogP contribution in [0.2, 0.25) is 0 Å². The van der Waals surface area contributed by atoms with E-state index in [1.807, 2.05) is 0 Å². The van der Waals surface area contributed by atoms with Gasteiger partial charge in [0.15, 0.2) is 0 Å². The first-order valence-electron chi connectivity index (χ1n) is 6.01. The van der Waals surface area contributed by atoms with Crippen molar-refractivity contribution in [3.8, 4) is 0 Å². The van der Waals surface area contributed by atoms with Crippen LogP contribution in [0.25, 0.3) is 0 Å². The van der Waals surface area contributed by atoms with Crippen LogP contribution >= 0.6 is 0 Å². The topological polar surface area (TPSA) is 64.0 Å². The van der Waals surface area contributed by atoms with Gasteiger partial charge in [-0.25, -0.2) is 4.39 Å². The van der Waals surface area contributed by atoms with Crippen molar-refractivity contribution in [2.24, 2.45) is 7.05 Å². The number of Topliss-reactive ketones (excluding diaryl/α,β-unsaturated/α-hetero) is 1. The van der Waals surface area contributed by atoms with Crippen molar-refractivity contribution < 1.29 is 14.0 Å². The third-order valence-electron chi connectivity index (χ3n) is 3.04. The highest BCUT2D eigenvalue weighted by atomic mass is 19.1. The molecule has 2 rings (SSSR count). The second kappa shape index (κ2) is 5.24. The summed E-state index contributed by atoms with van der Waals surface area (Å²) in [5.74, 6) is -1.83. The van der Waals surface area contributed by atoms with Crippen LogP contribution in [-0.4, -0.2) is 21.5 Å². The molecule has 0 aliphatic carbocycles. The minimum absolute atomic E-state index is 0.298. The third-order valence-corrected chi connectivity index (χ3v) is 3.04. The average molecular weight is 275 g/mol. The first-order chi connectivity index (χ1) is 9.40. The highest BCUT2D eigenvalue weighted by Gasteiger charge is 2.23. The number of ketones is 1. The van der Waals surface area contributed by atoms with E-state index in [1.54, 1.807) is 25.6 Å². The summed E-state index contributed by atoms with van der Waals surface area (Å²) >= 11 is 0. The molecule has 0 aliphatic heterocycles. The number of nitrogens with one attached hydrogen (secondary N) is 1. The van der Waals surface area contributed by atoms with Crippen molar-refractivity contribution in [1.82, 2.24) is 9.78 Å². The van der Waals surface area contributed by atoms with E-state index < -0.39 is 17.5 Å². The summed E-state index contributed by atoms with van der Waals surface area (Å²) in [5, 5.41) is 6.54. The average Bonchev–Trinajstić information content (AvgIpc) is 2.65. The Balaban J connectivity index is 2.21. The van der Waals surface area contributed by atoms with Crippen LogP contribution in [0.3, 0.4) is 0 Å². The van der Waals surface area contributed by atoms with Crippen LogP contribution in [0, 0.1) is 19.7 Å². The number of carbonyl (C=O) groups is 2. The Bertz CT molecular complexity index is 674. The number of halogens is 1. The molecule has 20 heavy (non-hydrogen) atoms. The second-order valence-corrected chi connectivity index (χ2v) is 4.46. The standard InChI is InChI=1S/C14H14FN3O2/c1-8-12(9(2)18(3)17-8)13(19)14(20)16-11-6-4-10(15)5-7-11/h4-7H,1-3H3,(H,16,20). The number of aromatic nitrogens is 2. The lowest BCUT2D eigenvalue weighted by atomic mass is 10.1. The highest BCUT2D eigenvalue weighted by molar-refractivity contribution is 6.47. The quantitative estimate of drug-likeness (QED) is 0.688. The van der Waals surface area contributed by atoms with E-state index in [2.05, 4.69) is 10.4 Å². The Labute approximate surface area is 115 Å². The van der Waals surface area contributed by atoms with Gasteiger partial charge in [0.25, 0.3) is 11.7 Å². The van der Waals surface area contributed by atoms with Crippen molar-refractivity contribution in [3.05, 3.63) is 47.0 Å². The summed E-state index contributed by atoms with van der Waals surface area (Å²) in [6.45, 7) is 3.39.